The minimum atomic E-state index is -3.91. The van der Waals surface area contributed by atoms with Crippen LogP contribution in [0.25, 0.3) is 0 Å². The zero-order valence-corrected chi connectivity index (χ0v) is 15.9. The number of amides is 3. The molecular formula is C18H23N3O5S. The van der Waals surface area contributed by atoms with Gasteiger partial charge in [0.05, 0.1) is 10.8 Å². The van der Waals surface area contributed by atoms with Crippen LogP contribution < -0.4 is 10.0 Å². The van der Waals surface area contributed by atoms with Crippen molar-refractivity contribution in [3.8, 4) is 0 Å². The molecule has 1 aliphatic carbocycles. The van der Waals surface area contributed by atoms with E-state index in [1.54, 1.807) is 0 Å². The average molecular weight is 393 g/mol. The average Bonchev–Trinajstić information content (AvgIpc) is 3.23. The zero-order chi connectivity index (χ0) is 19.6. The van der Waals surface area contributed by atoms with Crippen molar-refractivity contribution in [1.82, 2.24) is 9.62 Å². The lowest BCUT2D eigenvalue weighted by atomic mass is 10.1. The third-order valence-electron chi connectivity index (χ3n) is 5.00. The van der Waals surface area contributed by atoms with Crippen molar-refractivity contribution in [3.05, 3.63) is 24.3 Å². The molecule has 1 heterocycles. The van der Waals surface area contributed by atoms with Gasteiger partial charge in [0, 0.05) is 31.6 Å². The predicted octanol–water partition coefficient (Wildman–Crippen LogP) is 1.24. The molecular weight excluding hydrogens is 370 g/mol. The maximum absolute atomic E-state index is 12.5. The normalized spacial score (nSPS) is 20.7. The van der Waals surface area contributed by atoms with Crippen LogP contribution >= 0.6 is 0 Å². The van der Waals surface area contributed by atoms with E-state index in [1.807, 2.05) is 9.62 Å². The molecule has 1 aromatic rings. The van der Waals surface area contributed by atoms with E-state index in [0.717, 1.165) is 32.6 Å². The van der Waals surface area contributed by atoms with Crippen LogP contribution in [0, 0.1) is 5.92 Å². The summed E-state index contributed by atoms with van der Waals surface area (Å²) in [6.45, 7) is 1.55. The monoisotopic (exact) mass is 393 g/mol. The summed E-state index contributed by atoms with van der Waals surface area (Å²) < 4.78 is 25.7. The predicted molar refractivity (Wildman–Crippen MR) is 98.2 cm³/mol. The lowest BCUT2D eigenvalue weighted by Crippen LogP contribution is -2.35. The Balaban J connectivity index is 1.61. The number of nitrogens with one attached hydrogen (secondary N) is 2. The van der Waals surface area contributed by atoms with Gasteiger partial charge in [-0.05, 0) is 37.1 Å². The summed E-state index contributed by atoms with van der Waals surface area (Å²) in [6, 6.07) is 5.79. The first-order valence-corrected chi connectivity index (χ1v) is 10.5. The van der Waals surface area contributed by atoms with Gasteiger partial charge in [0.1, 0.15) is 0 Å². The summed E-state index contributed by atoms with van der Waals surface area (Å²) in [5.74, 6) is -1.30. The van der Waals surface area contributed by atoms with E-state index in [0.29, 0.717) is 12.2 Å². The lowest BCUT2D eigenvalue weighted by molar-refractivity contribution is -0.130. The van der Waals surface area contributed by atoms with E-state index in [9.17, 15) is 22.8 Å². The molecule has 2 aliphatic rings. The number of benzene rings is 1. The van der Waals surface area contributed by atoms with E-state index in [2.05, 4.69) is 5.32 Å². The first-order chi connectivity index (χ1) is 12.8. The number of carbonyl (C=O) groups excluding carboxylic acids is 3. The summed E-state index contributed by atoms with van der Waals surface area (Å²) >= 11 is 0. The largest absolute Gasteiger partial charge is 0.339 e. The van der Waals surface area contributed by atoms with Gasteiger partial charge < -0.3 is 10.2 Å². The highest BCUT2D eigenvalue weighted by atomic mass is 32.2. The Morgan fingerprint density at radius 2 is 1.74 bits per heavy atom. The van der Waals surface area contributed by atoms with Crippen molar-refractivity contribution in [2.24, 2.45) is 5.92 Å². The van der Waals surface area contributed by atoms with Crippen LogP contribution in [0.3, 0.4) is 0 Å². The van der Waals surface area contributed by atoms with Crippen LogP contribution in [-0.4, -0.2) is 43.6 Å². The fourth-order valence-electron chi connectivity index (χ4n) is 3.69. The number of hydrogen-bond acceptors (Lipinski definition) is 5. The Hall–Kier alpha value is -2.42. The molecule has 1 saturated carbocycles. The van der Waals surface area contributed by atoms with Crippen molar-refractivity contribution in [1.29, 1.82) is 0 Å². The van der Waals surface area contributed by atoms with Crippen molar-refractivity contribution in [3.63, 3.8) is 0 Å². The number of nitrogens with zero attached hydrogens (tertiary/aromatic N) is 1. The van der Waals surface area contributed by atoms with Gasteiger partial charge >= 0.3 is 0 Å². The SMILES string of the molecule is CC(=O)NS(=O)(=O)c1ccc(NC(=O)[C@H]2CC(=O)N(C3CCCC3)C2)cc1. The van der Waals surface area contributed by atoms with E-state index in [4.69, 9.17) is 0 Å². The second-order valence-corrected chi connectivity index (χ2v) is 8.74. The number of rotatable bonds is 5. The van der Waals surface area contributed by atoms with Crippen LogP contribution in [0.5, 0.6) is 0 Å². The highest BCUT2D eigenvalue weighted by molar-refractivity contribution is 7.90. The van der Waals surface area contributed by atoms with E-state index >= 15 is 0 Å². The first kappa shape index (κ1) is 19.3. The third-order valence-corrected chi connectivity index (χ3v) is 6.45. The van der Waals surface area contributed by atoms with Crippen LogP contribution in [0.15, 0.2) is 29.2 Å². The van der Waals surface area contributed by atoms with E-state index < -0.39 is 21.8 Å². The van der Waals surface area contributed by atoms with Gasteiger partial charge in [-0.1, -0.05) is 12.8 Å². The molecule has 1 atom stereocenters. The standard InChI is InChI=1S/C18H23N3O5S/c1-12(22)20-27(25,26)16-8-6-14(7-9-16)19-18(24)13-10-17(23)21(11-13)15-4-2-3-5-15/h6-9,13,15H,2-5,10-11H2,1H3,(H,19,24)(H,20,22)/t13-/m0/s1. The smallest absolute Gasteiger partial charge is 0.264 e. The van der Waals surface area contributed by atoms with Crippen LogP contribution in [0.2, 0.25) is 0 Å². The molecule has 0 bridgehead atoms. The van der Waals surface area contributed by atoms with E-state index in [1.165, 1.54) is 24.3 Å². The second-order valence-electron chi connectivity index (χ2n) is 7.06. The van der Waals surface area contributed by atoms with Gasteiger partial charge in [0.25, 0.3) is 10.0 Å². The van der Waals surface area contributed by atoms with Crippen LogP contribution in [-0.2, 0) is 24.4 Å². The first-order valence-electron chi connectivity index (χ1n) is 9.00. The number of anilines is 1. The Labute approximate surface area is 158 Å². The van der Waals surface area contributed by atoms with Gasteiger partial charge in [0.2, 0.25) is 17.7 Å². The molecule has 0 unspecified atom stereocenters. The molecule has 146 valence electrons. The van der Waals surface area contributed by atoms with Crippen LogP contribution in [0.4, 0.5) is 5.69 Å². The fourth-order valence-corrected chi connectivity index (χ4v) is 4.68. The number of carbonyl (C=O) groups is 3. The topological polar surface area (TPSA) is 113 Å². The molecule has 27 heavy (non-hydrogen) atoms. The quantitative estimate of drug-likeness (QED) is 0.782. The summed E-state index contributed by atoms with van der Waals surface area (Å²) in [6.07, 6.45) is 4.46. The number of hydrogen-bond donors (Lipinski definition) is 2. The van der Waals surface area contributed by atoms with Gasteiger partial charge in [-0.15, -0.1) is 0 Å². The molecule has 2 N–H and O–H groups in total. The van der Waals surface area contributed by atoms with Gasteiger partial charge in [-0.25, -0.2) is 13.1 Å². The minimum absolute atomic E-state index is 0.0267. The van der Waals surface area contributed by atoms with Crippen molar-refractivity contribution in [2.75, 3.05) is 11.9 Å². The van der Waals surface area contributed by atoms with Crippen molar-refractivity contribution in [2.45, 2.75) is 50.0 Å². The zero-order valence-electron chi connectivity index (χ0n) is 15.1. The van der Waals surface area contributed by atoms with Gasteiger partial charge in [-0.3, -0.25) is 14.4 Å². The second kappa shape index (κ2) is 7.67. The Bertz CT molecular complexity index is 844. The van der Waals surface area contributed by atoms with Gasteiger partial charge in [-0.2, -0.15) is 0 Å². The van der Waals surface area contributed by atoms with E-state index in [-0.39, 0.29) is 29.2 Å². The summed E-state index contributed by atoms with van der Waals surface area (Å²) in [7, 11) is -3.91. The molecule has 0 spiro atoms. The Kier molecular flexibility index (Phi) is 5.50. The van der Waals surface area contributed by atoms with Crippen molar-refractivity contribution >= 4 is 33.4 Å². The van der Waals surface area contributed by atoms with Crippen LogP contribution in [0.1, 0.15) is 39.0 Å². The molecule has 3 amide bonds. The summed E-state index contributed by atoms with van der Waals surface area (Å²) in [5, 5.41) is 2.73. The molecule has 1 aliphatic heterocycles. The minimum Gasteiger partial charge on any atom is -0.339 e. The Morgan fingerprint density at radius 1 is 1.11 bits per heavy atom. The molecule has 9 heteroatoms. The maximum Gasteiger partial charge on any atom is 0.264 e. The van der Waals surface area contributed by atoms with Gasteiger partial charge in [0.15, 0.2) is 0 Å². The Morgan fingerprint density at radius 3 is 2.33 bits per heavy atom. The molecule has 8 nitrogen and oxygen atoms in total. The molecule has 1 saturated heterocycles. The maximum atomic E-state index is 12.5. The molecule has 0 aromatic heterocycles. The molecule has 1 aromatic carbocycles. The summed E-state index contributed by atoms with van der Waals surface area (Å²) in [4.78, 5) is 37.4. The highest BCUT2D eigenvalue weighted by Crippen LogP contribution is 2.30. The third kappa shape index (κ3) is 4.47. The molecule has 0 radical (unpaired) electrons. The highest BCUT2D eigenvalue weighted by Gasteiger charge is 2.38. The number of sulfonamides is 1. The number of likely N-dealkylation sites (tertiary alicyclic amines) is 1. The van der Waals surface area contributed by atoms with Crippen molar-refractivity contribution < 1.29 is 22.8 Å². The fraction of sp³-hybridized carbons (Fsp3) is 0.500. The lowest BCUT2D eigenvalue weighted by Gasteiger charge is -2.23. The molecule has 3 rings (SSSR count). The summed E-state index contributed by atoms with van der Waals surface area (Å²) in [5.41, 5.74) is 0.438. The molecule has 2 fully saturated rings.